The van der Waals surface area contributed by atoms with Crippen molar-refractivity contribution >= 4 is 10.1 Å². The van der Waals surface area contributed by atoms with Gasteiger partial charge in [-0.1, -0.05) is 0 Å². The van der Waals surface area contributed by atoms with Gasteiger partial charge in [0.2, 0.25) is 0 Å². The van der Waals surface area contributed by atoms with Crippen LogP contribution in [-0.2, 0) is 10.1 Å². The van der Waals surface area contributed by atoms with E-state index in [9.17, 15) is 8.42 Å². The zero-order chi connectivity index (χ0) is 6.78. The fourth-order valence-electron chi connectivity index (χ4n) is 0.0666. The molecule has 1 unspecified atom stereocenters. The van der Waals surface area contributed by atoms with E-state index in [0.717, 1.165) is 6.92 Å². The molecule has 0 aromatic heterocycles. The number of hydrogen-bond acceptors (Lipinski definition) is 4. The van der Waals surface area contributed by atoms with Crippen LogP contribution < -0.4 is 64.6 Å². The second kappa shape index (κ2) is 7.48. The molecule has 0 aliphatic rings. The summed E-state index contributed by atoms with van der Waals surface area (Å²) >= 11 is 0. The van der Waals surface area contributed by atoms with Crippen LogP contribution in [0.25, 0.3) is 0 Å². The molecule has 0 radical (unpaired) electrons. The summed E-state index contributed by atoms with van der Waals surface area (Å²) in [7, 11) is -4.11. The summed E-state index contributed by atoms with van der Waals surface area (Å²) in [6.07, 6.45) is 0. The largest absolute Gasteiger partial charge is 1.00 e. The summed E-state index contributed by atoms with van der Waals surface area (Å²) in [4.78, 5) is 0. The molecule has 5 nitrogen and oxygen atoms in total. The second-order valence-corrected chi connectivity index (χ2v) is 3.02. The zero-order valence-electron chi connectivity index (χ0n) is 8.20. The first kappa shape index (κ1) is 17.8. The summed E-state index contributed by atoms with van der Waals surface area (Å²) in [5, 5.41) is 6.56. The van der Waals surface area contributed by atoms with Gasteiger partial charge in [0.1, 0.15) is 0 Å². The Labute approximate surface area is 107 Å². The average molecular weight is 189 g/mol. The van der Waals surface area contributed by atoms with Gasteiger partial charge in [-0.05, 0) is 6.92 Å². The van der Waals surface area contributed by atoms with E-state index >= 15 is 0 Å². The molecular weight excluding hydrogens is 180 g/mol. The molecule has 10 heavy (non-hydrogen) atoms. The van der Waals surface area contributed by atoms with Gasteiger partial charge >= 0.3 is 59.1 Å². The maximum Gasteiger partial charge on any atom is 1.00 e. The Morgan fingerprint density at radius 2 is 1.80 bits per heavy atom. The molecule has 8 heteroatoms. The fraction of sp³-hybridized carbons (Fsp3) is 1.00. The van der Waals surface area contributed by atoms with Crippen LogP contribution in [0.1, 0.15) is 9.78 Å². The number of nitrogens with one attached hydrogen (secondary N) is 1. The Morgan fingerprint density at radius 1 is 1.50 bits per heavy atom. The van der Waals surface area contributed by atoms with Crippen molar-refractivity contribution in [3.05, 3.63) is 0 Å². The Kier molecular flexibility index (Phi) is 13.3. The monoisotopic (exact) mass is 189 g/mol. The van der Waals surface area contributed by atoms with Crippen LogP contribution in [0.2, 0.25) is 0 Å². The maximum atomic E-state index is 9.90. The van der Waals surface area contributed by atoms with Gasteiger partial charge in [-0.15, -0.1) is 0 Å². The zero-order valence-corrected chi connectivity index (χ0v) is 11.0. The van der Waals surface area contributed by atoms with Crippen LogP contribution in [-0.4, -0.2) is 23.6 Å². The van der Waals surface area contributed by atoms with E-state index < -0.39 is 15.5 Å². The molecule has 0 aliphatic heterocycles. The normalized spacial score (nSPS) is 12.7. The summed E-state index contributed by atoms with van der Waals surface area (Å²) in [6.45, 7) is 1.11. The minimum absolute atomic E-state index is 0. The standard InChI is InChI=1S/C2H7NO4S.2Na.2H/c1-2(3-4)8(5,6)7;;;;/h2-4H,1H3,(H,5,6,7);;;;/q;2*+1;2*-1. The summed E-state index contributed by atoms with van der Waals surface area (Å²) in [6, 6.07) is 0. The third kappa shape index (κ3) is 7.93. The SMILES string of the molecule is CC(NO)S(=O)(=O)O.[H-].[H-].[Na+].[Na+]. The van der Waals surface area contributed by atoms with Gasteiger partial charge in [-0.3, -0.25) is 4.55 Å². The fourth-order valence-corrected chi connectivity index (χ4v) is 0.200. The first-order valence-electron chi connectivity index (χ1n) is 1.84. The van der Waals surface area contributed by atoms with Gasteiger partial charge in [0.05, 0.1) is 0 Å². The van der Waals surface area contributed by atoms with Crippen molar-refractivity contribution in [3.63, 3.8) is 0 Å². The molecule has 0 aliphatic carbocycles. The maximum absolute atomic E-state index is 9.90. The molecule has 54 valence electrons. The van der Waals surface area contributed by atoms with E-state index in [0.29, 0.717) is 0 Å². The molecule has 0 saturated carbocycles. The molecule has 0 amide bonds. The van der Waals surface area contributed by atoms with Crippen LogP contribution >= 0.6 is 0 Å². The third-order valence-corrected chi connectivity index (χ3v) is 1.63. The molecule has 0 rings (SSSR count). The number of hydrogen-bond donors (Lipinski definition) is 3. The smallest absolute Gasteiger partial charge is 1.00 e. The molecule has 0 heterocycles. The van der Waals surface area contributed by atoms with Gasteiger partial charge in [0.15, 0.2) is 5.37 Å². The summed E-state index contributed by atoms with van der Waals surface area (Å²) in [5.41, 5.74) is 1.37. The van der Waals surface area contributed by atoms with E-state index in [2.05, 4.69) is 0 Å². The van der Waals surface area contributed by atoms with Crippen molar-refractivity contribution in [2.45, 2.75) is 12.3 Å². The van der Waals surface area contributed by atoms with Crippen molar-refractivity contribution in [1.82, 2.24) is 5.48 Å². The van der Waals surface area contributed by atoms with Crippen molar-refractivity contribution < 1.29 is 80.1 Å². The molecular formula is C2H9NNa2O4S. The quantitative estimate of drug-likeness (QED) is 0.228. The van der Waals surface area contributed by atoms with Crippen LogP contribution in [0, 0.1) is 0 Å². The van der Waals surface area contributed by atoms with Crippen LogP contribution in [0.3, 0.4) is 0 Å². The van der Waals surface area contributed by atoms with E-state index in [1.54, 1.807) is 0 Å². The van der Waals surface area contributed by atoms with E-state index in [-0.39, 0.29) is 62.0 Å². The Morgan fingerprint density at radius 3 is 1.80 bits per heavy atom. The molecule has 3 N–H and O–H groups in total. The second-order valence-electron chi connectivity index (χ2n) is 1.29. The van der Waals surface area contributed by atoms with Gasteiger partial charge < -0.3 is 8.06 Å². The topological polar surface area (TPSA) is 86.6 Å². The van der Waals surface area contributed by atoms with Gasteiger partial charge in [-0.2, -0.15) is 13.9 Å². The Bertz CT molecular complexity index is 164. The minimum Gasteiger partial charge on any atom is -1.00 e. The summed E-state index contributed by atoms with van der Waals surface area (Å²) < 4.78 is 27.8. The van der Waals surface area contributed by atoms with E-state index in [1.165, 1.54) is 5.48 Å². The Hall–Kier alpha value is 1.83. The van der Waals surface area contributed by atoms with Crippen molar-refractivity contribution in [1.29, 1.82) is 0 Å². The van der Waals surface area contributed by atoms with Crippen molar-refractivity contribution in [3.8, 4) is 0 Å². The van der Waals surface area contributed by atoms with Gasteiger partial charge in [-0.25, -0.2) is 0 Å². The predicted octanol–water partition coefficient (Wildman–Crippen LogP) is -6.57. The first-order valence-corrected chi connectivity index (χ1v) is 3.34. The van der Waals surface area contributed by atoms with Crippen LogP contribution in [0.4, 0.5) is 0 Å². The predicted molar refractivity (Wildman–Crippen MR) is 28.2 cm³/mol. The molecule has 0 aromatic carbocycles. The molecule has 0 saturated heterocycles. The number of rotatable bonds is 2. The minimum atomic E-state index is -4.11. The van der Waals surface area contributed by atoms with Gasteiger partial charge in [0, 0.05) is 0 Å². The summed E-state index contributed by atoms with van der Waals surface area (Å²) in [5.74, 6) is 0. The first-order chi connectivity index (χ1) is 3.48. The molecule has 0 spiro atoms. The average Bonchev–Trinajstić information content (AvgIpc) is 1.62. The molecule has 1 atom stereocenters. The van der Waals surface area contributed by atoms with E-state index in [4.69, 9.17) is 9.76 Å². The molecule has 0 fully saturated rings. The van der Waals surface area contributed by atoms with Gasteiger partial charge in [0.25, 0.3) is 10.1 Å². The Balaban J connectivity index is -0.0000000408. The van der Waals surface area contributed by atoms with E-state index in [1.807, 2.05) is 0 Å². The van der Waals surface area contributed by atoms with Crippen molar-refractivity contribution in [2.75, 3.05) is 0 Å². The van der Waals surface area contributed by atoms with Crippen molar-refractivity contribution in [2.24, 2.45) is 0 Å². The number of hydroxylamine groups is 1. The molecule has 0 bridgehead atoms. The molecule has 0 aromatic rings. The van der Waals surface area contributed by atoms with Crippen LogP contribution in [0.15, 0.2) is 0 Å². The van der Waals surface area contributed by atoms with Crippen LogP contribution in [0.5, 0.6) is 0 Å². The third-order valence-electron chi connectivity index (χ3n) is 0.629.